The SMILES string of the molecule is COc1cc(N=C(C#N)C#N)sc1/C(=C/c1sc2c(c1CC(=O)OCc1ccccc1)C(C(=O)OCc1ccccc1)(C(=O)OCc1ccccc1)c1cc(-c3sc(N=C(C#N)C#N)cc3OC)sc1-2)CC(=O)OCc1ccccc1. The van der Waals surface area contributed by atoms with Crippen molar-refractivity contribution in [2.75, 3.05) is 14.2 Å². The van der Waals surface area contributed by atoms with Crippen LogP contribution < -0.4 is 9.47 Å². The lowest BCUT2D eigenvalue weighted by molar-refractivity contribution is -0.164. The van der Waals surface area contributed by atoms with Crippen molar-refractivity contribution >= 4 is 102 Å². The Balaban J connectivity index is 1.31. The molecule has 0 saturated heterocycles. The van der Waals surface area contributed by atoms with Crippen molar-refractivity contribution < 1.29 is 47.6 Å². The molecule has 0 spiro atoms. The summed E-state index contributed by atoms with van der Waals surface area (Å²) < 4.78 is 35.9. The van der Waals surface area contributed by atoms with Gasteiger partial charge in [0.1, 0.15) is 72.2 Å². The maximum Gasteiger partial charge on any atom is 0.333 e. The number of nitriles is 4. The zero-order chi connectivity index (χ0) is 56.9. The van der Waals surface area contributed by atoms with Crippen LogP contribution in [0.2, 0.25) is 0 Å². The number of carbonyl (C=O) groups excluding carboxylic acids is 4. The molecule has 1 aliphatic carbocycles. The Morgan fingerprint density at radius 2 is 0.988 bits per heavy atom. The van der Waals surface area contributed by atoms with Crippen molar-refractivity contribution in [1.82, 2.24) is 0 Å². The average Bonchev–Trinajstić information content (AvgIpc) is 3.85. The van der Waals surface area contributed by atoms with Gasteiger partial charge in [0.05, 0.1) is 46.6 Å². The summed E-state index contributed by atoms with van der Waals surface area (Å²) in [5.41, 5.74) is 0.136. The number of fused-ring (bicyclic) bond motifs is 3. The summed E-state index contributed by atoms with van der Waals surface area (Å²) in [4.78, 5) is 71.4. The van der Waals surface area contributed by atoms with Gasteiger partial charge < -0.3 is 28.4 Å². The summed E-state index contributed by atoms with van der Waals surface area (Å²) in [6.07, 6.45) is 0.752. The molecule has 1 aliphatic rings. The summed E-state index contributed by atoms with van der Waals surface area (Å²) in [5.74, 6) is -2.88. The molecule has 400 valence electrons. The van der Waals surface area contributed by atoms with E-state index in [0.29, 0.717) is 51.7 Å². The van der Waals surface area contributed by atoms with Crippen molar-refractivity contribution in [3.63, 3.8) is 0 Å². The number of methoxy groups -OCH3 is 2. The first-order valence-corrected chi connectivity index (χ1v) is 27.7. The molecule has 4 heterocycles. The largest absolute Gasteiger partial charge is 0.495 e. The Morgan fingerprint density at radius 1 is 0.531 bits per heavy atom. The first kappa shape index (κ1) is 55.9. The van der Waals surface area contributed by atoms with Crippen LogP contribution >= 0.6 is 45.3 Å². The zero-order valence-corrected chi connectivity index (χ0v) is 46.3. The van der Waals surface area contributed by atoms with Crippen molar-refractivity contribution in [2.45, 2.75) is 44.7 Å². The van der Waals surface area contributed by atoms with Crippen LogP contribution in [0.5, 0.6) is 11.5 Å². The average molecular weight is 1150 g/mol. The fourth-order valence-electron chi connectivity index (χ4n) is 8.72. The highest BCUT2D eigenvalue weighted by molar-refractivity contribution is 7.28. The van der Waals surface area contributed by atoms with Crippen LogP contribution in [0.15, 0.2) is 150 Å². The van der Waals surface area contributed by atoms with Gasteiger partial charge in [-0.2, -0.15) is 21.0 Å². The number of carbonyl (C=O) groups is 4. The molecule has 81 heavy (non-hydrogen) atoms. The Morgan fingerprint density at radius 3 is 1.47 bits per heavy atom. The van der Waals surface area contributed by atoms with Crippen LogP contribution in [0, 0.1) is 45.3 Å². The summed E-state index contributed by atoms with van der Waals surface area (Å²) in [5, 5.41) is 38.9. The first-order valence-electron chi connectivity index (χ1n) is 24.5. The van der Waals surface area contributed by atoms with E-state index in [0.717, 1.165) is 39.6 Å². The van der Waals surface area contributed by atoms with Crippen LogP contribution in [-0.4, -0.2) is 49.5 Å². The van der Waals surface area contributed by atoms with Gasteiger partial charge in [0.2, 0.25) is 16.8 Å². The first-order chi connectivity index (χ1) is 39.5. The number of nitrogens with zero attached hydrogens (tertiary/aromatic N) is 6. The van der Waals surface area contributed by atoms with Gasteiger partial charge in [0.25, 0.3) is 0 Å². The van der Waals surface area contributed by atoms with E-state index >= 15 is 9.59 Å². The third-order valence-electron chi connectivity index (χ3n) is 12.4. The monoisotopic (exact) mass is 1150 g/mol. The molecule has 0 unspecified atom stereocenters. The minimum Gasteiger partial charge on any atom is -0.495 e. The van der Waals surface area contributed by atoms with Crippen LogP contribution in [-0.2, 0) is 76.4 Å². The van der Waals surface area contributed by atoms with E-state index in [1.54, 1.807) is 115 Å². The maximum absolute atomic E-state index is 15.9. The molecule has 9 rings (SSSR count). The van der Waals surface area contributed by atoms with Crippen LogP contribution in [0.1, 0.15) is 55.1 Å². The Kier molecular flexibility index (Phi) is 17.8. The minimum atomic E-state index is -2.44. The minimum absolute atomic E-state index is 0.0630. The smallest absolute Gasteiger partial charge is 0.333 e. The molecule has 8 aromatic rings. The van der Waals surface area contributed by atoms with Gasteiger partial charge in [-0.3, -0.25) is 19.2 Å². The fourth-order valence-corrected chi connectivity index (χ4v) is 13.6. The van der Waals surface area contributed by atoms with E-state index in [-0.39, 0.29) is 70.2 Å². The molecule has 4 aromatic carbocycles. The molecule has 16 nitrogen and oxygen atoms in total. The number of ether oxygens (including phenoxy) is 6. The molecule has 20 heteroatoms. The van der Waals surface area contributed by atoms with Gasteiger partial charge in [-0.05, 0) is 45.5 Å². The Bertz CT molecular complexity index is 3860. The van der Waals surface area contributed by atoms with Gasteiger partial charge >= 0.3 is 23.9 Å². The molecule has 0 atom stereocenters. The summed E-state index contributed by atoms with van der Waals surface area (Å²) >= 11 is 4.48. The number of aliphatic imine (C=N–C) groups is 2. The second kappa shape index (κ2) is 25.8. The highest BCUT2D eigenvalue weighted by atomic mass is 32.1. The lowest BCUT2D eigenvalue weighted by atomic mass is 9.76. The molecule has 0 radical (unpaired) electrons. The number of hydrogen-bond acceptors (Lipinski definition) is 20. The highest BCUT2D eigenvalue weighted by Crippen LogP contribution is 2.62. The van der Waals surface area contributed by atoms with E-state index in [2.05, 4.69) is 9.98 Å². The normalized spacial score (nSPS) is 11.7. The van der Waals surface area contributed by atoms with Crippen LogP contribution in [0.3, 0.4) is 0 Å². The summed E-state index contributed by atoms with van der Waals surface area (Å²) in [6, 6.07) is 47.7. The van der Waals surface area contributed by atoms with Crippen molar-refractivity contribution in [3.05, 3.63) is 188 Å². The van der Waals surface area contributed by atoms with Crippen LogP contribution in [0.25, 0.3) is 31.2 Å². The molecular formula is C61H42N6O10S4. The van der Waals surface area contributed by atoms with Crippen molar-refractivity contribution in [3.8, 4) is 55.3 Å². The van der Waals surface area contributed by atoms with Gasteiger partial charge in [0, 0.05) is 33.0 Å². The van der Waals surface area contributed by atoms with Crippen molar-refractivity contribution in [1.29, 1.82) is 21.0 Å². The van der Waals surface area contributed by atoms with Crippen molar-refractivity contribution in [2.24, 2.45) is 9.98 Å². The standard InChI is InChI=1S/C61H42N6O10S4/c1-72-46-27-50(66-42(29-62)30-63)80-55(46)41(24-52(68)74-33-37-15-7-3-8-16-37)23-48-44(25-53(69)75-34-38-17-9-4-10-18-38)54-58(78-48)56-45(26-49(79-56)57-47(73-2)28-51(81-57)67-43(31-64)32-65)61(54,59(70)76-35-39-19-11-5-12-20-39)60(71)77-36-40-21-13-6-14-22-40/h3-23,26-28H,24-25,33-36H2,1-2H3/b41-23+. The quantitative estimate of drug-likeness (QED) is 0.0281. The van der Waals surface area contributed by atoms with E-state index in [1.807, 2.05) is 48.5 Å². The number of esters is 4. The van der Waals surface area contributed by atoms with E-state index in [4.69, 9.17) is 28.4 Å². The number of rotatable bonds is 21. The second-order valence-corrected chi connectivity index (χ2v) is 21.7. The van der Waals surface area contributed by atoms with Gasteiger partial charge in [-0.25, -0.2) is 9.98 Å². The molecule has 4 aromatic heterocycles. The fraction of sp³-hybridized carbons (Fsp3) is 0.148. The lowest BCUT2D eigenvalue weighted by Crippen LogP contribution is -2.46. The van der Waals surface area contributed by atoms with Gasteiger partial charge in [0.15, 0.2) is 0 Å². The number of hydrogen-bond donors (Lipinski definition) is 0. The lowest BCUT2D eigenvalue weighted by Gasteiger charge is -2.28. The highest BCUT2D eigenvalue weighted by Gasteiger charge is 2.61. The van der Waals surface area contributed by atoms with Gasteiger partial charge in [-0.15, -0.1) is 45.3 Å². The summed E-state index contributed by atoms with van der Waals surface area (Å²) in [6.45, 7) is -0.708. The summed E-state index contributed by atoms with van der Waals surface area (Å²) in [7, 11) is 2.85. The van der Waals surface area contributed by atoms with E-state index < -0.39 is 47.8 Å². The zero-order valence-electron chi connectivity index (χ0n) is 43.0. The Hall–Kier alpha value is -9.80. The number of thiophene rings is 4. The second-order valence-electron chi connectivity index (χ2n) is 17.5. The third kappa shape index (κ3) is 12.4. The molecule has 0 fully saturated rings. The molecule has 0 aliphatic heterocycles. The third-order valence-corrected chi connectivity index (χ3v) is 17.2. The molecule has 0 saturated carbocycles. The van der Waals surface area contributed by atoms with E-state index in [9.17, 15) is 30.6 Å². The molecule has 0 bridgehead atoms. The van der Waals surface area contributed by atoms with Gasteiger partial charge in [-0.1, -0.05) is 121 Å². The Labute approximate surface area is 480 Å². The molecule has 0 N–H and O–H groups in total. The predicted octanol–water partition coefficient (Wildman–Crippen LogP) is 12.6. The maximum atomic E-state index is 15.9. The predicted molar refractivity (Wildman–Crippen MR) is 307 cm³/mol. The van der Waals surface area contributed by atoms with E-state index in [1.165, 1.54) is 31.6 Å². The molecular weight excluding hydrogens is 1100 g/mol. The van der Waals surface area contributed by atoms with Crippen LogP contribution in [0.4, 0.5) is 10.0 Å². The molecule has 0 amide bonds. The number of benzene rings is 4. The topological polar surface area (TPSA) is 244 Å².